The normalized spacial score (nSPS) is 10.3. The Balaban J connectivity index is 1.48. The minimum Gasteiger partial charge on any atom is -0.362 e. The number of anilines is 2. The summed E-state index contributed by atoms with van der Waals surface area (Å²) in [5.41, 5.74) is 3.87. The second-order valence-corrected chi connectivity index (χ2v) is 7.04. The van der Waals surface area contributed by atoms with Gasteiger partial charge in [-0.3, -0.25) is 4.79 Å². The van der Waals surface area contributed by atoms with Gasteiger partial charge in [0.25, 0.3) is 5.91 Å². The molecule has 3 aromatic rings. The molecular weight excluding hydrogens is 385 g/mol. The highest BCUT2D eigenvalue weighted by atomic mass is 32.1. The van der Waals surface area contributed by atoms with Crippen molar-refractivity contribution in [3.8, 4) is 0 Å². The Morgan fingerprint density at radius 2 is 1.62 bits per heavy atom. The standard InChI is InChI=1S/C23H22FN3OS/c1-16-5-4-6-17(15-16)13-14-25-23(29)27-19-11-9-18(10-12-19)26-22(28)20-7-2-3-8-21(20)24/h2-12,15H,13-14H2,1H3,(H,26,28)(H2,25,27,29). The first-order valence-electron chi connectivity index (χ1n) is 9.27. The monoisotopic (exact) mass is 407 g/mol. The Kier molecular flexibility index (Phi) is 6.92. The van der Waals surface area contributed by atoms with Crippen LogP contribution in [0.1, 0.15) is 21.5 Å². The van der Waals surface area contributed by atoms with E-state index in [9.17, 15) is 9.18 Å². The van der Waals surface area contributed by atoms with Gasteiger partial charge in [-0.2, -0.15) is 0 Å². The van der Waals surface area contributed by atoms with E-state index in [1.54, 1.807) is 36.4 Å². The predicted molar refractivity (Wildman–Crippen MR) is 120 cm³/mol. The molecule has 3 aromatic carbocycles. The van der Waals surface area contributed by atoms with Crippen LogP contribution in [0, 0.1) is 12.7 Å². The zero-order chi connectivity index (χ0) is 20.6. The number of amides is 1. The lowest BCUT2D eigenvalue weighted by Gasteiger charge is -2.12. The maximum Gasteiger partial charge on any atom is 0.258 e. The molecule has 0 heterocycles. The smallest absolute Gasteiger partial charge is 0.258 e. The average molecular weight is 408 g/mol. The lowest BCUT2D eigenvalue weighted by molar-refractivity contribution is 0.102. The summed E-state index contributed by atoms with van der Waals surface area (Å²) >= 11 is 5.32. The quantitative estimate of drug-likeness (QED) is 0.508. The topological polar surface area (TPSA) is 53.2 Å². The second kappa shape index (κ2) is 9.80. The summed E-state index contributed by atoms with van der Waals surface area (Å²) in [6, 6.07) is 21.3. The molecule has 0 bridgehead atoms. The molecule has 1 amide bonds. The van der Waals surface area contributed by atoms with Crippen LogP contribution >= 0.6 is 12.2 Å². The minimum atomic E-state index is -0.551. The number of aryl methyl sites for hydroxylation is 1. The largest absolute Gasteiger partial charge is 0.362 e. The van der Waals surface area contributed by atoms with Crippen LogP contribution in [0.2, 0.25) is 0 Å². The number of rotatable bonds is 6. The van der Waals surface area contributed by atoms with Crippen molar-refractivity contribution in [1.82, 2.24) is 5.32 Å². The summed E-state index contributed by atoms with van der Waals surface area (Å²) in [5.74, 6) is -1.04. The van der Waals surface area contributed by atoms with Crippen LogP contribution in [0.3, 0.4) is 0 Å². The van der Waals surface area contributed by atoms with Crippen LogP contribution in [0.25, 0.3) is 0 Å². The van der Waals surface area contributed by atoms with E-state index >= 15 is 0 Å². The lowest BCUT2D eigenvalue weighted by Crippen LogP contribution is -2.30. The first-order chi connectivity index (χ1) is 14.0. The van der Waals surface area contributed by atoms with E-state index in [4.69, 9.17) is 12.2 Å². The molecule has 6 heteroatoms. The zero-order valence-electron chi connectivity index (χ0n) is 16.0. The third-order valence-corrected chi connectivity index (χ3v) is 4.55. The fourth-order valence-electron chi connectivity index (χ4n) is 2.84. The van der Waals surface area contributed by atoms with Crippen LogP contribution < -0.4 is 16.0 Å². The molecular formula is C23H22FN3OS. The molecule has 0 saturated heterocycles. The predicted octanol–water partition coefficient (Wildman–Crippen LogP) is 4.92. The highest BCUT2D eigenvalue weighted by Gasteiger charge is 2.10. The molecule has 0 aromatic heterocycles. The Bertz CT molecular complexity index is 1010. The second-order valence-electron chi connectivity index (χ2n) is 6.63. The van der Waals surface area contributed by atoms with Crippen molar-refractivity contribution in [2.75, 3.05) is 17.2 Å². The Labute approximate surface area is 175 Å². The number of hydrogen-bond acceptors (Lipinski definition) is 2. The first-order valence-corrected chi connectivity index (χ1v) is 9.68. The summed E-state index contributed by atoms with van der Waals surface area (Å²) in [6.45, 7) is 2.80. The Hall–Kier alpha value is -3.25. The molecule has 0 spiro atoms. The summed E-state index contributed by atoms with van der Waals surface area (Å²) in [7, 11) is 0. The van der Waals surface area contributed by atoms with E-state index in [0.29, 0.717) is 10.8 Å². The molecule has 0 atom stereocenters. The number of hydrogen-bond donors (Lipinski definition) is 3. The average Bonchev–Trinajstić information content (AvgIpc) is 2.70. The van der Waals surface area contributed by atoms with Crippen LogP contribution in [-0.2, 0) is 6.42 Å². The molecule has 3 rings (SSSR count). The lowest BCUT2D eigenvalue weighted by atomic mass is 10.1. The zero-order valence-corrected chi connectivity index (χ0v) is 16.9. The van der Waals surface area contributed by atoms with Crippen molar-refractivity contribution < 1.29 is 9.18 Å². The number of carbonyl (C=O) groups is 1. The summed E-state index contributed by atoms with van der Waals surface area (Å²) < 4.78 is 13.7. The fourth-order valence-corrected chi connectivity index (χ4v) is 3.06. The Morgan fingerprint density at radius 1 is 0.931 bits per heavy atom. The molecule has 0 aliphatic rings. The van der Waals surface area contributed by atoms with Crippen LogP contribution in [0.4, 0.5) is 15.8 Å². The van der Waals surface area contributed by atoms with Crippen molar-refractivity contribution in [3.05, 3.63) is 95.3 Å². The summed E-state index contributed by atoms with van der Waals surface area (Å²) in [5, 5.41) is 9.50. The fraction of sp³-hybridized carbons (Fsp3) is 0.130. The van der Waals surface area contributed by atoms with Crippen molar-refractivity contribution in [3.63, 3.8) is 0 Å². The molecule has 0 radical (unpaired) electrons. The van der Waals surface area contributed by atoms with Gasteiger partial charge in [0.15, 0.2) is 5.11 Å². The molecule has 4 nitrogen and oxygen atoms in total. The first kappa shape index (κ1) is 20.5. The van der Waals surface area contributed by atoms with Crippen molar-refractivity contribution in [2.45, 2.75) is 13.3 Å². The molecule has 148 valence electrons. The van der Waals surface area contributed by atoms with Gasteiger partial charge in [0, 0.05) is 17.9 Å². The van der Waals surface area contributed by atoms with Gasteiger partial charge in [-0.25, -0.2) is 4.39 Å². The highest BCUT2D eigenvalue weighted by molar-refractivity contribution is 7.80. The summed E-state index contributed by atoms with van der Waals surface area (Å²) in [6.07, 6.45) is 0.879. The Morgan fingerprint density at radius 3 is 2.31 bits per heavy atom. The van der Waals surface area contributed by atoms with Gasteiger partial charge in [-0.15, -0.1) is 0 Å². The molecule has 29 heavy (non-hydrogen) atoms. The third kappa shape index (κ3) is 6.12. The van der Waals surface area contributed by atoms with Crippen molar-refractivity contribution >= 4 is 34.6 Å². The van der Waals surface area contributed by atoms with Gasteiger partial charge in [-0.1, -0.05) is 42.0 Å². The van der Waals surface area contributed by atoms with Gasteiger partial charge >= 0.3 is 0 Å². The number of nitrogens with one attached hydrogen (secondary N) is 3. The van der Waals surface area contributed by atoms with E-state index < -0.39 is 11.7 Å². The van der Waals surface area contributed by atoms with Gasteiger partial charge < -0.3 is 16.0 Å². The maximum atomic E-state index is 13.7. The van der Waals surface area contributed by atoms with E-state index in [1.807, 2.05) is 6.07 Å². The molecule has 0 aliphatic carbocycles. The van der Waals surface area contributed by atoms with Gasteiger partial charge in [0.1, 0.15) is 5.82 Å². The minimum absolute atomic E-state index is 0.00805. The number of benzene rings is 3. The van der Waals surface area contributed by atoms with Crippen molar-refractivity contribution in [1.29, 1.82) is 0 Å². The van der Waals surface area contributed by atoms with Crippen molar-refractivity contribution in [2.24, 2.45) is 0 Å². The van der Waals surface area contributed by atoms with Crippen LogP contribution in [-0.4, -0.2) is 17.6 Å². The third-order valence-electron chi connectivity index (χ3n) is 4.30. The van der Waals surface area contributed by atoms with E-state index in [0.717, 1.165) is 18.7 Å². The summed E-state index contributed by atoms with van der Waals surface area (Å²) in [4.78, 5) is 12.2. The van der Waals surface area contributed by atoms with Gasteiger partial charge in [-0.05, 0) is 67.5 Å². The molecule has 3 N–H and O–H groups in total. The van der Waals surface area contributed by atoms with Gasteiger partial charge in [0.2, 0.25) is 0 Å². The molecule has 0 fully saturated rings. The maximum absolute atomic E-state index is 13.7. The van der Waals surface area contributed by atoms with Crippen LogP contribution in [0.5, 0.6) is 0 Å². The van der Waals surface area contributed by atoms with E-state index in [2.05, 4.69) is 41.1 Å². The highest BCUT2D eigenvalue weighted by Crippen LogP contribution is 2.16. The van der Waals surface area contributed by atoms with E-state index in [1.165, 1.54) is 23.3 Å². The molecule has 0 saturated carbocycles. The SMILES string of the molecule is Cc1cccc(CCNC(=S)Nc2ccc(NC(=O)c3ccccc3F)cc2)c1. The van der Waals surface area contributed by atoms with Crippen LogP contribution in [0.15, 0.2) is 72.8 Å². The number of carbonyl (C=O) groups excluding carboxylic acids is 1. The number of halogens is 1. The molecule has 0 aliphatic heterocycles. The van der Waals surface area contributed by atoms with E-state index in [-0.39, 0.29) is 5.56 Å². The van der Waals surface area contributed by atoms with Gasteiger partial charge in [0.05, 0.1) is 5.56 Å². The number of thiocarbonyl (C=S) groups is 1. The molecule has 0 unspecified atom stereocenters.